The van der Waals surface area contributed by atoms with Crippen LogP contribution in [0.3, 0.4) is 0 Å². The van der Waals surface area contributed by atoms with Gasteiger partial charge in [-0.2, -0.15) is 0 Å². The van der Waals surface area contributed by atoms with Crippen LogP contribution in [-0.4, -0.2) is 17.3 Å². The van der Waals surface area contributed by atoms with E-state index in [0.717, 1.165) is 18.6 Å². The highest BCUT2D eigenvalue weighted by atomic mass is 16.5. The summed E-state index contributed by atoms with van der Waals surface area (Å²) >= 11 is 0. The minimum atomic E-state index is -0.293. The van der Waals surface area contributed by atoms with Gasteiger partial charge < -0.3 is 9.84 Å². The van der Waals surface area contributed by atoms with Crippen LogP contribution in [0, 0.1) is 0 Å². The first kappa shape index (κ1) is 8.30. The minimum absolute atomic E-state index is 0.0312. The Morgan fingerprint density at radius 1 is 1.21 bits per heavy atom. The molecular formula is C12H14O2. The van der Waals surface area contributed by atoms with Crippen molar-refractivity contribution in [3.05, 3.63) is 29.8 Å². The van der Waals surface area contributed by atoms with Gasteiger partial charge in [-0.25, -0.2) is 0 Å². The smallest absolute Gasteiger partial charge is 0.125 e. The van der Waals surface area contributed by atoms with Gasteiger partial charge in [0.25, 0.3) is 0 Å². The summed E-state index contributed by atoms with van der Waals surface area (Å²) in [7, 11) is 0. The summed E-state index contributed by atoms with van der Waals surface area (Å²) in [4.78, 5) is 0. The molecule has 2 aliphatic rings. The molecule has 1 aliphatic heterocycles. The lowest BCUT2D eigenvalue weighted by Gasteiger charge is -2.40. The van der Waals surface area contributed by atoms with Crippen LogP contribution in [0.1, 0.15) is 30.7 Å². The Morgan fingerprint density at radius 3 is 3.00 bits per heavy atom. The topological polar surface area (TPSA) is 29.5 Å². The molecule has 1 saturated carbocycles. The molecule has 14 heavy (non-hydrogen) atoms. The lowest BCUT2D eigenvalue weighted by molar-refractivity contribution is -0.0247. The first-order valence-electron chi connectivity index (χ1n) is 5.30. The molecule has 74 valence electrons. The van der Waals surface area contributed by atoms with Crippen LogP contribution in [0.4, 0.5) is 0 Å². The van der Waals surface area contributed by atoms with Gasteiger partial charge in [0.1, 0.15) is 11.9 Å². The lowest BCUT2D eigenvalue weighted by Crippen LogP contribution is -2.43. The lowest BCUT2D eigenvalue weighted by atomic mass is 9.78. The van der Waals surface area contributed by atoms with Crippen LogP contribution in [-0.2, 0) is 0 Å². The molecule has 1 aromatic rings. The van der Waals surface area contributed by atoms with Crippen LogP contribution in [0.25, 0.3) is 0 Å². The molecule has 1 aromatic carbocycles. The van der Waals surface area contributed by atoms with Crippen molar-refractivity contribution < 1.29 is 9.84 Å². The average Bonchev–Trinajstić information content (AvgIpc) is 2.18. The number of para-hydroxylation sites is 1. The van der Waals surface area contributed by atoms with E-state index in [0.29, 0.717) is 5.92 Å². The summed E-state index contributed by atoms with van der Waals surface area (Å²) in [6.45, 7) is 0. The second kappa shape index (κ2) is 2.99. The molecule has 1 fully saturated rings. The number of rotatable bonds is 0. The van der Waals surface area contributed by atoms with Gasteiger partial charge in [0, 0.05) is 5.92 Å². The first-order valence-corrected chi connectivity index (χ1v) is 5.30. The third-order valence-corrected chi connectivity index (χ3v) is 3.39. The fourth-order valence-electron chi connectivity index (χ4n) is 2.66. The van der Waals surface area contributed by atoms with Crippen molar-refractivity contribution in [2.75, 3.05) is 0 Å². The Labute approximate surface area is 83.5 Å². The second-order valence-corrected chi connectivity index (χ2v) is 4.22. The van der Waals surface area contributed by atoms with Crippen LogP contribution in [0.15, 0.2) is 24.3 Å². The molecule has 0 unspecified atom stereocenters. The molecule has 1 N–H and O–H groups in total. The molecule has 2 heteroatoms. The number of hydrogen-bond acceptors (Lipinski definition) is 2. The van der Waals surface area contributed by atoms with Crippen molar-refractivity contribution in [1.82, 2.24) is 0 Å². The normalized spacial score (nSPS) is 34.5. The van der Waals surface area contributed by atoms with Crippen LogP contribution < -0.4 is 4.74 Å². The van der Waals surface area contributed by atoms with Gasteiger partial charge in [-0.05, 0) is 30.9 Å². The van der Waals surface area contributed by atoms with Crippen molar-refractivity contribution in [2.45, 2.75) is 37.4 Å². The van der Waals surface area contributed by atoms with E-state index in [-0.39, 0.29) is 12.2 Å². The fourth-order valence-corrected chi connectivity index (χ4v) is 2.66. The van der Waals surface area contributed by atoms with Gasteiger partial charge in [0.05, 0.1) is 6.10 Å². The molecule has 0 aromatic heterocycles. The summed E-state index contributed by atoms with van der Waals surface area (Å²) in [5.74, 6) is 1.28. The monoisotopic (exact) mass is 190 g/mol. The summed E-state index contributed by atoms with van der Waals surface area (Å²) in [6.07, 6.45) is 2.99. The van der Waals surface area contributed by atoms with Crippen molar-refractivity contribution in [2.24, 2.45) is 0 Å². The van der Waals surface area contributed by atoms with Gasteiger partial charge >= 0.3 is 0 Å². The summed E-state index contributed by atoms with van der Waals surface area (Å²) < 4.78 is 5.76. The molecular weight excluding hydrogens is 176 g/mol. The van der Waals surface area contributed by atoms with Crippen molar-refractivity contribution in [1.29, 1.82) is 0 Å². The maximum absolute atomic E-state index is 10.0. The quantitative estimate of drug-likeness (QED) is 0.678. The number of aliphatic hydroxyl groups is 1. The molecule has 1 heterocycles. The maximum Gasteiger partial charge on any atom is 0.125 e. The molecule has 3 rings (SSSR count). The zero-order valence-corrected chi connectivity index (χ0v) is 8.02. The largest absolute Gasteiger partial charge is 0.487 e. The van der Waals surface area contributed by atoms with Gasteiger partial charge in [0.15, 0.2) is 0 Å². The molecule has 0 spiro atoms. The summed E-state index contributed by atoms with van der Waals surface area (Å²) in [5, 5.41) is 10.0. The van der Waals surface area contributed by atoms with Crippen molar-refractivity contribution in [3.8, 4) is 5.75 Å². The Bertz CT molecular complexity index is 348. The molecule has 1 aliphatic carbocycles. The van der Waals surface area contributed by atoms with Gasteiger partial charge in [0.2, 0.25) is 0 Å². The van der Waals surface area contributed by atoms with Gasteiger partial charge in [-0.3, -0.25) is 0 Å². The fraction of sp³-hybridized carbons (Fsp3) is 0.500. The third kappa shape index (κ3) is 1.07. The number of benzene rings is 1. The standard InChI is InChI=1S/C12H14O2/c13-12-9-5-3-7-11(12)14-10-6-2-1-4-8(9)10/h1-2,4,6,9,11-13H,3,5,7H2/t9-,11-,12-/m1/s1. The molecule has 2 bridgehead atoms. The Morgan fingerprint density at radius 2 is 2.07 bits per heavy atom. The number of ether oxygens (including phenoxy) is 1. The van der Waals surface area contributed by atoms with Crippen molar-refractivity contribution >= 4 is 0 Å². The molecule has 0 amide bonds. The Hall–Kier alpha value is -1.02. The van der Waals surface area contributed by atoms with E-state index in [1.807, 2.05) is 18.2 Å². The molecule has 0 saturated heterocycles. The first-order chi connectivity index (χ1) is 6.86. The van der Waals surface area contributed by atoms with Crippen LogP contribution >= 0.6 is 0 Å². The number of hydrogen-bond donors (Lipinski definition) is 1. The number of fused-ring (bicyclic) bond motifs is 4. The summed E-state index contributed by atoms with van der Waals surface area (Å²) in [6, 6.07) is 8.09. The van der Waals surface area contributed by atoms with E-state index < -0.39 is 0 Å². The van der Waals surface area contributed by atoms with E-state index in [1.165, 1.54) is 12.0 Å². The predicted molar refractivity (Wildman–Crippen MR) is 53.5 cm³/mol. The van der Waals surface area contributed by atoms with Crippen LogP contribution in [0.2, 0.25) is 0 Å². The predicted octanol–water partition coefficient (Wildman–Crippen LogP) is 2.08. The average molecular weight is 190 g/mol. The third-order valence-electron chi connectivity index (χ3n) is 3.39. The van der Waals surface area contributed by atoms with Gasteiger partial charge in [-0.15, -0.1) is 0 Å². The zero-order chi connectivity index (χ0) is 9.54. The Balaban J connectivity index is 2.08. The Kier molecular flexibility index (Phi) is 1.77. The zero-order valence-electron chi connectivity index (χ0n) is 8.02. The highest BCUT2D eigenvalue weighted by Gasteiger charge is 2.39. The SMILES string of the molecule is O[C@@H]1[C@@H]2CCC[C@H]1Oc1ccccc12. The maximum atomic E-state index is 10.0. The van der Waals surface area contributed by atoms with E-state index in [1.54, 1.807) is 0 Å². The van der Waals surface area contributed by atoms with Crippen molar-refractivity contribution in [3.63, 3.8) is 0 Å². The molecule has 2 nitrogen and oxygen atoms in total. The minimum Gasteiger partial charge on any atom is -0.487 e. The summed E-state index contributed by atoms with van der Waals surface area (Å²) in [5.41, 5.74) is 1.19. The van der Waals surface area contributed by atoms with E-state index >= 15 is 0 Å². The van der Waals surface area contributed by atoms with E-state index in [2.05, 4.69) is 6.07 Å². The van der Waals surface area contributed by atoms with Crippen LogP contribution in [0.5, 0.6) is 5.75 Å². The second-order valence-electron chi connectivity index (χ2n) is 4.22. The molecule has 3 atom stereocenters. The van der Waals surface area contributed by atoms with Gasteiger partial charge in [-0.1, -0.05) is 18.2 Å². The molecule has 0 radical (unpaired) electrons. The highest BCUT2D eigenvalue weighted by molar-refractivity contribution is 5.40. The number of aliphatic hydroxyl groups excluding tert-OH is 1. The van der Waals surface area contributed by atoms with E-state index in [4.69, 9.17) is 4.74 Å². The highest BCUT2D eigenvalue weighted by Crippen LogP contribution is 2.43. The van der Waals surface area contributed by atoms with E-state index in [9.17, 15) is 5.11 Å².